The Labute approximate surface area is 105 Å². The van der Waals surface area contributed by atoms with Gasteiger partial charge in [0.15, 0.2) is 0 Å². The molecule has 0 amide bonds. The van der Waals surface area contributed by atoms with E-state index < -0.39 is 0 Å². The van der Waals surface area contributed by atoms with Gasteiger partial charge in [-0.2, -0.15) is 0 Å². The van der Waals surface area contributed by atoms with Crippen LogP contribution in [-0.4, -0.2) is 11.9 Å². The van der Waals surface area contributed by atoms with Gasteiger partial charge in [-0.1, -0.05) is 53.0 Å². The van der Waals surface area contributed by atoms with Crippen molar-refractivity contribution in [2.45, 2.75) is 25.9 Å². The zero-order valence-corrected chi connectivity index (χ0v) is 11.2. The molecule has 84 valence electrons. The monoisotopic (exact) mass is 290 g/mol. The fourth-order valence-electron chi connectivity index (χ4n) is 1.31. The Balaban J connectivity index is 2.57. The third kappa shape index (κ3) is 4.54. The highest BCUT2D eigenvalue weighted by molar-refractivity contribution is 9.09. The number of rotatable bonds is 6. The van der Waals surface area contributed by atoms with Crippen molar-refractivity contribution in [1.29, 1.82) is 0 Å². The number of halogens is 2. The van der Waals surface area contributed by atoms with E-state index in [0.717, 1.165) is 35.4 Å². The number of hydrogen-bond acceptors (Lipinski definition) is 1. The molecular weight excluding hydrogens is 275 g/mol. The molecule has 0 aliphatic carbocycles. The van der Waals surface area contributed by atoms with E-state index in [1.54, 1.807) is 0 Å². The Bertz CT molecular complexity index is 291. The van der Waals surface area contributed by atoms with Gasteiger partial charge in [-0.05, 0) is 24.1 Å². The number of alkyl halides is 1. The van der Waals surface area contributed by atoms with Gasteiger partial charge in [0.05, 0.1) is 6.10 Å². The largest absolute Gasteiger partial charge is 0.373 e. The second-order valence-corrected chi connectivity index (χ2v) is 4.51. The van der Waals surface area contributed by atoms with Crippen molar-refractivity contribution in [2.24, 2.45) is 0 Å². The summed E-state index contributed by atoms with van der Waals surface area (Å²) in [5.41, 5.74) is 1.13. The average molecular weight is 292 g/mol. The van der Waals surface area contributed by atoms with E-state index in [1.165, 1.54) is 0 Å². The van der Waals surface area contributed by atoms with Gasteiger partial charge in [0.1, 0.15) is 0 Å². The lowest BCUT2D eigenvalue weighted by Gasteiger charge is -2.15. The first-order valence-electron chi connectivity index (χ1n) is 5.21. The van der Waals surface area contributed by atoms with Gasteiger partial charge in [-0.3, -0.25) is 0 Å². The van der Waals surface area contributed by atoms with Gasteiger partial charge in [0.2, 0.25) is 0 Å². The predicted molar refractivity (Wildman–Crippen MR) is 68.8 cm³/mol. The molecule has 0 N–H and O–H groups in total. The first kappa shape index (κ1) is 13.0. The van der Waals surface area contributed by atoms with Crippen LogP contribution in [0, 0.1) is 0 Å². The number of benzene rings is 1. The fraction of sp³-hybridized carbons (Fsp3) is 0.500. The van der Waals surface area contributed by atoms with Crippen molar-refractivity contribution in [3.05, 3.63) is 34.9 Å². The number of unbranched alkanes of at least 4 members (excludes halogenated alkanes) is 1. The van der Waals surface area contributed by atoms with Gasteiger partial charge >= 0.3 is 0 Å². The lowest BCUT2D eigenvalue weighted by atomic mass is 10.1. The molecule has 3 heteroatoms. The third-order valence-corrected chi connectivity index (χ3v) is 3.00. The highest BCUT2D eigenvalue weighted by Crippen LogP contribution is 2.22. The summed E-state index contributed by atoms with van der Waals surface area (Å²) in [6.07, 6.45) is 2.37. The molecule has 0 radical (unpaired) electrons. The van der Waals surface area contributed by atoms with Crippen molar-refractivity contribution >= 4 is 27.5 Å². The van der Waals surface area contributed by atoms with Gasteiger partial charge in [0.25, 0.3) is 0 Å². The standard InChI is InChI=1S/C12H16BrClO/c1-2-3-7-15-12(9-13)10-5-4-6-11(14)8-10/h4-6,8,12H,2-3,7,9H2,1H3. The minimum atomic E-state index is 0.107. The smallest absolute Gasteiger partial charge is 0.0922 e. The molecule has 0 fully saturated rings. The maximum absolute atomic E-state index is 5.94. The van der Waals surface area contributed by atoms with Crippen molar-refractivity contribution in [3.63, 3.8) is 0 Å². The Kier molecular flexibility index (Phi) is 6.30. The summed E-state index contributed by atoms with van der Waals surface area (Å²) < 4.78 is 5.77. The summed E-state index contributed by atoms with van der Waals surface area (Å²) >= 11 is 9.40. The van der Waals surface area contributed by atoms with Gasteiger partial charge in [-0.15, -0.1) is 0 Å². The van der Waals surface area contributed by atoms with Crippen molar-refractivity contribution in [3.8, 4) is 0 Å². The first-order chi connectivity index (χ1) is 7.27. The topological polar surface area (TPSA) is 9.23 Å². The van der Waals surface area contributed by atoms with Crippen molar-refractivity contribution in [2.75, 3.05) is 11.9 Å². The van der Waals surface area contributed by atoms with Crippen LogP contribution in [0.3, 0.4) is 0 Å². The molecule has 1 rings (SSSR count). The highest BCUT2D eigenvalue weighted by Gasteiger charge is 2.10. The molecule has 15 heavy (non-hydrogen) atoms. The maximum atomic E-state index is 5.94. The molecule has 1 aromatic carbocycles. The SMILES string of the molecule is CCCCOC(CBr)c1cccc(Cl)c1. The first-order valence-corrected chi connectivity index (χ1v) is 6.71. The molecule has 0 saturated heterocycles. The molecule has 0 bridgehead atoms. The molecule has 1 nitrogen and oxygen atoms in total. The lowest BCUT2D eigenvalue weighted by Crippen LogP contribution is -2.06. The highest BCUT2D eigenvalue weighted by atomic mass is 79.9. The van der Waals surface area contributed by atoms with Crippen LogP contribution in [-0.2, 0) is 4.74 Å². The van der Waals surface area contributed by atoms with E-state index in [0.29, 0.717) is 0 Å². The van der Waals surface area contributed by atoms with Crippen LogP contribution in [0.25, 0.3) is 0 Å². The second-order valence-electron chi connectivity index (χ2n) is 3.42. The molecule has 1 unspecified atom stereocenters. The molecular formula is C12H16BrClO. The van der Waals surface area contributed by atoms with Gasteiger partial charge < -0.3 is 4.74 Å². The minimum absolute atomic E-state index is 0.107. The molecule has 0 spiro atoms. The quantitative estimate of drug-likeness (QED) is 0.550. The van der Waals surface area contributed by atoms with Crippen molar-refractivity contribution in [1.82, 2.24) is 0 Å². The zero-order valence-electron chi connectivity index (χ0n) is 8.88. The second kappa shape index (κ2) is 7.26. The zero-order chi connectivity index (χ0) is 11.1. The summed E-state index contributed by atoms with van der Waals surface area (Å²) in [6.45, 7) is 2.96. The Hall–Kier alpha value is -0.0500. The summed E-state index contributed by atoms with van der Waals surface area (Å²) in [5.74, 6) is 0. The van der Waals surface area contributed by atoms with Crippen molar-refractivity contribution < 1.29 is 4.74 Å². The third-order valence-electron chi connectivity index (χ3n) is 2.18. The normalized spacial score (nSPS) is 12.7. The molecule has 0 saturated carbocycles. The predicted octanol–water partition coefficient (Wildman–Crippen LogP) is 4.59. The Morgan fingerprint density at radius 2 is 2.27 bits per heavy atom. The van der Waals surface area contributed by atoms with E-state index >= 15 is 0 Å². The number of hydrogen-bond donors (Lipinski definition) is 0. The molecule has 1 aromatic rings. The average Bonchev–Trinajstić information content (AvgIpc) is 2.24. The van der Waals surface area contributed by atoms with E-state index in [9.17, 15) is 0 Å². The van der Waals surface area contributed by atoms with E-state index in [2.05, 4.69) is 22.9 Å². The van der Waals surface area contributed by atoms with Crippen LogP contribution in [0.2, 0.25) is 5.02 Å². The summed E-state index contributed by atoms with van der Waals surface area (Å²) in [6, 6.07) is 7.84. The van der Waals surface area contributed by atoms with Crippen LogP contribution in [0.5, 0.6) is 0 Å². The van der Waals surface area contributed by atoms with E-state index in [1.807, 2.05) is 24.3 Å². The molecule has 0 aliphatic rings. The summed E-state index contributed by atoms with van der Waals surface area (Å²) in [4.78, 5) is 0. The fourth-order valence-corrected chi connectivity index (χ4v) is 2.07. The van der Waals surface area contributed by atoms with E-state index in [-0.39, 0.29) is 6.10 Å². The van der Waals surface area contributed by atoms with Crippen LogP contribution < -0.4 is 0 Å². The van der Waals surface area contributed by atoms with Crippen LogP contribution in [0.1, 0.15) is 31.4 Å². The Morgan fingerprint density at radius 1 is 1.47 bits per heavy atom. The van der Waals surface area contributed by atoms with Gasteiger partial charge in [0, 0.05) is 17.0 Å². The lowest BCUT2D eigenvalue weighted by molar-refractivity contribution is 0.0677. The van der Waals surface area contributed by atoms with Crippen LogP contribution in [0.15, 0.2) is 24.3 Å². The van der Waals surface area contributed by atoms with Crippen LogP contribution >= 0.6 is 27.5 Å². The van der Waals surface area contributed by atoms with Gasteiger partial charge in [-0.25, -0.2) is 0 Å². The molecule has 0 aliphatic heterocycles. The maximum Gasteiger partial charge on any atom is 0.0922 e. The molecule has 0 heterocycles. The van der Waals surface area contributed by atoms with Crippen LogP contribution in [0.4, 0.5) is 0 Å². The summed E-state index contributed by atoms with van der Waals surface area (Å²) in [7, 11) is 0. The number of ether oxygens (including phenoxy) is 1. The Morgan fingerprint density at radius 3 is 2.87 bits per heavy atom. The minimum Gasteiger partial charge on any atom is -0.373 e. The van der Waals surface area contributed by atoms with E-state index in [4.69, 9.17) is 16.3 Å². The molecule has 0 aromatic heterocycles. The molecule has 1 atom stereocenters. The summed E-state index contributed by atoms with van der Waals surface area (Å²) in [5, 5.41) is 1.56.